The third kappa shape index (κ3) is 9.44. The number of methoxy groups -OCH3 is 1. The molecule has 0 radical (unpaired) electrons. The van der Waals surface area contributed by atoms with Crippen LogP contribution in [0.5, 0.6) is 0 Å². The summed E-state index contributed by atoms with van der Waals surface area (Å²) in [6, 6.07) is -0.377. The number of hydrogen-bond acceptors (Lipinski definition) is 6. The minimum absolute atomic E-state index is 0.272. The highest BCUT2D eigenvalue weighted by atomic mass is 16.6. The van der Waals surface area contributed by atoms with Crippen molar-refractivity contribution in [3.63, 3.8) is 0 Å². The first-order chi connectivity index (χ1) is 8.24. The molecule has 0 rings (SSSR count). The molecule has 0 spiro atoms. The highest BCUT2D eigenvalue weighted by molar-refractivity contribution is 5.75. The molecule has 1 amide bonds. The van der Waals surface area contributed by atoms with Crippen LogP contribution in [-0.4, -0.2) is 43.6 Å². The number of oxime groups is 1. The van der Waals surface area contributed by atoms with Crippen LogP contribution in [0.2, 0.25) is 0 Å². The summed E-state index contributed by atoms with van der Waals surface area (Å²) in [5.74, 6) is -0.528. The van der Waals surface area contributed by atoms with Crippen molar-refractivity contribution in [2.24, 2.45) is 5.16 Å². The Hall–Kier alpha value is -1.79. The second-order valence-corrected chi connectivity index (χ2v) is 4.54. The van der Waals surface area contributed by atoms with E-state index in [0.29, 0.717) is 0 Å². The van der Waals surface area contributed by atoms with Crippen molar-refractivity contribution in [2.75, 3.05) is 13.7 Å². The highest BCUT2D eigenvalue weighted by Crippen LogP contribution is 2.06. The lowest BCUT2D eigenvalue weighted by atomic mass is 10.2. The topological polar surface area (TPSA) is 86.2 Å². The van der Waals surface area contributed by atoms with Gasteiger partial charge < -0.3 is 19.6 Å². The number of hydrogen-bond donors (Lipinski definition) is 1. The van der Waals surface area contributed by atoms with Crippen LogP contribution < -0.4 is 5.32 Å². The smallest absolute Gasteiger partial charge is 0.408 e. The van der Waals surface area contributed by atoms with Gasteiger partial charge >= 0.3 is 12.1 Å². The molecule has 0 heterocycles. The van der Waals surface area contributed by atoms with Crippen LogP contribution in [0.3, 0.4) is 0 Å². The second kappa shape index (κ2) is 7.52. The van der Waals surface area contributed by atoms with Gasteiger partial charge in [0, 0.05) is 0 Å². The van der Waals surface area contributed by atoms with Crippen molar-refractivity contribution in [2.45, 2.75) is 39.3 Å². The van der Waals surface area contributed by atoms with Gasteiger partial charge in [-0.25, -0.2) is 9.59 Å². The van der Waals surface area contributed by atoms with E-state index >= 15 is 0 Å². The Labute approximate surface area is 106 Å². The van der Waals surface area contributed by atoms with Crippen LogP contribution >= 0.6 is 0 Å². The van der Waals surface area contributed by atoms with E-state index in [0.717, 1.165) is 0 Å². The lowest BCUT2D eigenvalue weighted by Gasteiger charge is -2.20. The van der Waals surface area contributed by atoms with Crippen LogP contribution in [0, 0.1) is 0 Å². The number of carbonyl (C=O) groups excluding carboxylic acids is 2. The molecule has 7 nitrogen and oxygen atoms in total. The predicted octanol–water partition coefficient (Wildman–Crippen LogP) is 1.07. The quantitative estimate of drug-likeness (QED) is 0.454. The van der Waals surface area contributed by atoms with Gasteiger partial charge in [0.05, 0.1) is 19.4 Å². The van der Waals surface area contributed by atoms with Crippen LogP contribution in [0.25, 0.3) is 0 Å². The molecule has 0 unspecified atom stereocenters. The zero-order chi connectivity index (χ0) is 14.2. The summed E-state index contributed by atoms with van der Waals surface area (Å²) in [4.78, 5) is 26.7. The summed E-state index contributed by atoms with van der Waals surface area (Å²) in [6.45, 7) is 6.72. The van der Waals surface area contributed by atoms with E-state index < -0.39 is 17.7 Å². The molecule has 1 atom stereocenters. The number of nitrogens with zero attached hydrogens (tertiary/aromatic N) is 1. The minimum atomic E-state index is -0.553. The maximum absolute atomic E-state index is 11.3. The van der Waals surface area contributed by atoms with Crippen molar-refractivity contribution in [3.8, 4) is 0 Å². The average Bonchev–Trinajstić information content (AvgIpc) is 2.21. The molecule has 18 heavy (non-hydrogen) atoms. The van der Waals surface area contributed by atoms with E-state index in [1.54, 1.807) is 27.7 Å². The van der Waals surface area contributed by atoms with Crippen LogP contribution in [0.1, 0.15) is 27.7 Å². The average molecular weight is 260 g/mol. The molecular formula is C11H20N2O5. The Morgan fingerprint density at radius 3 is 2.50 bits per heavy atom. The number of alkyl carbamates (subject to hydrolysis) is 1. The van der Waals surface area contributed by atoms with Gasteiger partial charge in [0.25, 0.3) is 0 Å². The summed E-state index contributed by atoms with van der Waals surface area (Å²) in [5.41, 5.74) is -0.553. The molecule has 0 bridgehead atoms. The van der Waals surface area contributed by atoms with Gasteiger partial charge in [-0.2, -0.15) is 0 Å². The summed E-state index contributed by atoms with van der Waals surface area (Å²) < 4.78 is 9.39. The van der Waals surface area contributed by atoms with Crippen LogP contribution in [0.4, 0.5) is 4.79 Å². The van der Waals surface area contributed by atoms with Crippen molar-refractivity contribution in [1.29, 1.82) is 0 Å². The summed E-state index contributed by atoms with van der Waals surface area (Å²) in [6.07, 6.45) is 0.793. The van der Waals surface area contributed by atoms with E-state index in [-0.39, 0.29) is 12.6 Å². The van der Waals surface area contributed by atoms with E-state index in [4.69, 9.17) is 4.74 Å². The molecule has 104 valence electrons. The lowest BCUT2D eigenvalue weighted by Crippen LogP contribution is -2.38. The summed E-state index contributed by atoms with van der Waals surface area (Å²) in [5, 5.41) is 6.04. The van der Waals surface area contributed by atoms with E-state index in [1.165, 1.54) is 13.3 Å². The SMILES string of the molecule is COC(=O)CO/N=C/[C@H](C)NC(=O)OC(C)(C)C. The van der Waals surface area contributed by atoms with Crippen LogP contribution in [-0.2, 0) is 19.1 Å². The van der Waals surface area contributed by atoms with Gasteiger partial charge in [-0.1, -0.05) is 5.16 Å². The summed E-state index contributed by atoms with van der Waals surface area (Å²) in [7, 11) is 1.25. The Kier molecular flexibility index (Phi) is 6.77. The first kappa shape index (κ1) is 16.2. The highest BCUT2D eigenvalue weighted by Gasteiger charge is 2.16. The fourth-order valence-corrected chi connectivity index (χ4v) is 0.814. The largest absolute Gasteiger partial charge is 0.466 e. The number of ether oxygens (including phenoxy) is 2. The van der Waals surface area contributed by atoms with Gasteiger partial charge in [0.1, 0.15) is 5.60 Å². The number of nitrogens with one attached hydrogen (secondary N) is 1. The van der Waals surface area contributed by atoms with Crippen molar-refractivity contribution < 1.29 is 23.9 Å². The first-order valence-electron chi connectivity index (χ1n) is 5.46. The Balaban J connectivity index is 3.89. The third-order valence-corrected chi connectivity index (χ3v) is 1.51. The number of amides is 1. The van der Waals surface area contributed by atoms with Crippen molar-refractivity contribution in [1.82, 2.24) is 5.32 Å². The molecule has 7 heteroatoms. The maximum Gasteiger partial charge on any atom is 0.408 e. The second-order valence-electron chi connectivity index (χ2n) is 4.54. The molecule has 0 aliphatic heterocycles. The number of rotatable bonds is 5. The van der Waals surface area contributed by atoms with Gasteiger partial charge in [-0.15, -0.1) is 0 Å². The fraction of sp³-hybridized carbons (Fsp3) is 0.727. The van der Waals surface area contributed by atoms with Gasteiger partial charge in [0.2, 0.25) is 6.61 Å². The standard InChI is InChI=1S/C11H20N2O5/c1-8(6-12-17-7-9(14)16-5)13-10(15)18-11(2,3)4/h6,8H,7H2,1-5H3,(H,13,15)/b12-6+/t8-/m0/s1. The minimum Gasteiger partial charge on any atom is -0.466 e. The molecule has 0 aliphatic carbocycles. The van der Waals surface area contributed by atoms with E-state index in [9.17, 15) is 9.59 Å². The molecule has 1 N–H and O–H groups in total. The molecular weight excluding hydrogens is 240 g/mol. The normalized spacial score (nSPS) is 12.9. The zero-order valence-electron chi connectivity index (χ0n) is 11.4. The molecule has 0 saturated carbocycles. The van der Waals surface area contributed by atoms with E-state index in [2.05, 4.69) is 20.0 Å². The monoisotopic (exact) mass is 260 g/mol. The molecule has 0 aromatic heterocycles. The molecule has 0 aromatic rings. The first-order valence-corrected chi connectivity index (χ1v) is 5.46. The maximum atomic E-state index is 11.3. The molecule has 0 saturated heterocycles. The van der Waals surface area contributed by atoms with Crippen LogP contribution in [0.15, 0.2) is 5.16 Å². The third-order valence-electron chi connectivity index (χ3n) is 1.51. The summed E-state index contributed by atoms with van der Waals surface area (Å²) >= 11 is 0. The Morgan fingerprint density at radius 1 is 1.39 bits per heavy atom. The Morgan fingerprint density at radius 2 is 2.00 bits per heavy atom. The number of carbonyl (C=O) groups is 2. The van der Waals surface area contributed by atoms with Gasteiger partial charge in [0.15, 0.2) is 0 Å². The van der Waals surface area contributed by atoms with Crippen molar-refractivity contribution >= 4 is 18.3 Å². The zero-order valence-corrected chi connectivity index (χ0v) is 11.4. The fourth-order valence-electron chi connectivity index (χ4n) is 0.814. The van der Waals surface area contributed by atoms with Gasteiger partial charge in [-0.05, 0) is 27.7 Å². The van der Waals surface area contributed by atoms with E-state index in [1.807, 2.05) is 0 Å². The lowest BCUT2D eigenvalue weighted by molar-refractivity contribution is -0.145. The molecule has 0 fully saturated rings. The predicted molar refractivity (Wildman–Crippen MR) is 65.3 cm³/mol. The molecule has 0 aliphatic rings. The molecule has 0 aromatic carbocycles. The number of esters is 1. The van der Waals surface area contributed by atoms with Crippen molar-refractivity contribution in [3.05, 3.63) is 0 Å². The Bertz CT molecular complexity index is 309. The van der Waals surface area contributed by atoms with Gasteiger partial charge in [-0.3, -0.25) is 0 Å².